The highest BCUT2D eigenvalue weighted by Crippen LogP contribution is 2.28. The summed E-state index contributed by atoms with van der Waals surface area (Å²) in [6.45, 7) is 2.07. The Bertz CT molecular complexity index is 866. The Labute approximate surface area is 185 Å². The fourth-order valence-electron chi connectivity index (χ4n) is 3.38. The first-order chi connectivity index (χ1) is 14.3. The summed E-state index contributed by atoms with van der Waals surface area (Å²) < 4.78 is 18.7. The molecule has 0 aliphatic carbocycles. The van der Waals surface area contributed by atoms with Crippen molar-refractivity contribution in [1.29, 1.82) is 0 Å². The first kappa shape index (κ1) is 22.8. The van der Waals surface area contributed by atoms with Crippen LogP contribution in [0.2, 0.25) is 10.0 Å². The summed E-state index contributed by atoms with van der Waals surface area (Å²) >= 11 is 11.9. The molecule has 0 bridgehead atoms. The largest absolute Gasteiger partial charge is 0.491 e. The van der Waals surface area contributed by atoms with Crippen molar-refractivity contribution in [2.75, 3.05) is 26.2 Å². The minimum Gasteiger partial charge on any atom is -0.491 e. The van der Waals surface area contributed by atoms with Crippen molar-refractivity contribution in [3.8, 4) is 5.75 Å². The van der Waals surface area contributed by atoms with E-state index in [4.69, 9.17) is 27.9 Å². The number of aliphatic hydroxyl groups is 1. The minimum atomic E-state index is -0.967. The third-order valence-corrected chi connectivity index (χ3v) is 5.92. The highest BCUT2D eigenvalue weighted by molar-refractivity contribution is 6.42. The normalized spacial score (nSPS) is 19.9. The molecule has 0 aromatic heterocycles. The van der Waals surface area contributed by atoms with Crippen LogP contribution in [-0.2, 0) is 11.3 Å². The van der Waals surface area contributed by atoms with E-state index in [9.17, 15) is 14.3 Å². The lowest BCUT2D eigenvalue weighted by atomic mass is 9.96. The van der Waals surface area contributed by atoms with Gasteiger partial charge in [0.2, 0.25) is 5.91 Å². The molecule has 0 saturated carbocycles. The van der Waals surface area contributed by atoms with E-state index in [0.717, 1.165) is 18.5 Å². The van der Waals surface area contributed by atoms with Crippen molar-refractivity contribution in [3.63, 3.8) is 0 Å². The smallest absolute Gasteiger partial charge is 0.234 e. The fraction of sp³-hybridized carbons (Fsp3) is 0.409. The third kappa shape index (κ3) is 6.84. The topological polar surface area (TPSA) is 61.8 Å². The van der Waals surface area contributed by atoms with Crippen molar-refractivity contribution in [2.45, 2.75) is 31.4 Å². The van der Waals surface area contributed by atoms with Crippen LogP contribution in [0.15, 0.2) is 42.5 Å². The molecular formula is C22H25Cl2FN2O3. The Kier molecular flexibility index (Phi) is 7.94. The van der Waals surface area contributed by atoms with Crippen molar-refractivity contribution in [3.05, 3.63) is 63.9 Å². The highest BCUT2D eigenvalue weighted by Gasteiger charge is 2.31. The molecule has 1 amide bonds. The van der Waals surface area contributed by atoms with Crippen molar-refractivity contribution in [1.82, 2.24) is 10.2 Å². The Hall–Kier alpha value is -1.86. The van der Waals surface area contributed by atoms with Gasteiger partial charge in [0.15, 0.2) is 0 Å². The number of hydrogen-bond donors (Lipinski definition) is 2. The van der Waals surface area contributed by atoms with Crippen LogP contribution in [-0.4, -0.2) is 47.8 Å². The number of amides is 1. The maximum atomic E-state index is 12.9. The number of halogens is 3. The van der Waals surface area contributed by atoms with Gasteiger partial charge in [0.05, 0.1) is 22.2 Å². The number of ether oxygens (including phenoxy) is 1. The maximum absolute atomic E-state index is 12.9. The lowest BCUT2D eigenvalue weighted by Crippen LogP contribution is -2.40. The summed E-state index contributed by atoms with van der Waals surface area (Å²) in [5, 5.41) is 14.6. The monoisotopic (exact) mass is 454 g/mol. The van der Waals surface area contributed by atoms with Gasteiger partial charge in [0.1, 0.15) is 18.2 Å². The Morgan fingerprint density at radius 1 is 1.13 bits per heavy atom. The molecule has 0 radical (unpaired) electrons. The van der Waals surface area contributed by atoms with Crippen LogP contribution in [0.5, 0.6) is 5.75 Å². The average molecular weight is 455 g/mol. The molecule has 5 nitrogen and oxygen atoms in total. The number of carbonyl (C=O) groups is 1. The predicted octanol–water partition coefficient (Wildman–Crippen LogP) is 4.04. The summed E-state index contributed by atoms with van der Waals surface area (Å²) in [5.74, 6) is 0.154. The van der Waals surface area contributed by atoms with E-state index in [-0.39, 0.29) is 24.9 Å². The third-order valence-electron chi connectivity index (χ3n) is 5.18. The number of likely N-dealkylation sites (tertiary alicyclic amines) is 1. The van der Waals surface area contributed by atoms with E-state index in [1.807, 2.05) is 4.90 Å². The van der Waals surface area contributed by atoms with E-state index < -0.39 is 5.60 Å². The number of nitrogens with one attached hydrogen (secondary N) is 1. The zero-order valence-corrected chi connectivity index (χ0v) is 18.1. The lowest BCUT2D eigenvalue weighted by Gasteiger charge is -2.27. The van der Waals surface area contributed by atoms with E-state index in [0.29, 0.717) is 41.7 Å². The Balaban J connectivity index is 1.44. The molecule has 1 aliphatic rings. The molecule has 162 valence electrons. The second-order valence-corrected chi connectivity index (χ2v) is 8.44. The fourth-order valence-corrected chi connectivity index (χ4v) is 3.67. The van der Waals surface area contributed by atoms with Crippen molar-refractivity contribution in [2.24, 2.45) is 0 Å². The first-order valence-electron chi connectivity index (χ1n) is 9.87. The molecule has 2 N–H and O–H groups in total. The van der Waals surface area contributed by atoms with E-state index in [1.54, 1.807) is 30.3 Å². The second-order valence-electron chi connectivity index (χ2n) is 7.62. The summed E-state index contributed by atoms with van der Waals surface area (Å²) in [6.07, 6.45) is 1.84. The van der Waals surface area contributed by atoms with Gasteiger partial charge in [0, 0.05) is 19.2 Å². The Morgan fingerprint density at radius 3 is 2.63 bits per heavy atom. The van der Waals surface area contributed by atoms with Gasteiger partial charge >= 0.3 is 0 Å². The molecule has 2 aromatic carbocycles. The van der Waals surface area contributed by atoms with Gasteiger partial charge in [-0.25, -0.2) is 4.39 Å². The van der Waals surface area contributed by atoms with E-state index >= 15 is 0 Å². The minimum absolute atomic E-state index is 0.100. The van der Waals surface area contributed by atoms with E-state index in [1.165, 1.54) is 12.1 Å². The number of carbonyl (C=O) groups excluding carboxylic acids is 1. The van der Waals surface area contributed by atoms with Gasteiger partial charge < -0.3 is 15.2 Å². The predicted molar refractivity (Wildman–Crippen MR) is 115 cm³/mol. The molecule has 2 aromatic rings. The summed E-state index contributed by atoms with van der Waals surface area (Å²) in [6, 6.07) is 11.0. The molecule has 1 atom stereocenters. The summed E-state index contributed by atoms with van der Waals surface area (Å²) in [7, 11) is 0. The van der Waals surface area contributed by atoms with Crippen LogP contribution >= 0.6 is 23.2 Å². The molecule has 3 rings (SSSR count). The average Bonchev–Trinajstić information content (AvgIpc) is 2.90. The van der Waals surface area contributed by atoms with Gasteiger partial charge in [-0.1, -0.05) is 35.3 Å². The number of rotatable bonds is 7. The van der Waals surface area contributed by atoms with Crippen LogP contribution in [0.1, 0.15) is 24.8 Å². The number of benzene rings is 2. The molecule has 30 heavy (non-hydrogen) atoms. The van der Waals surface area contributed by atoms with Gasteiger partial charge in [0.25, 0.3) is 0 Å². The molecule has 1 aliphatic heterocycles. The van der Waals surface area contributed by atoms with Crippen LogP contribution < -0.4 is 10.1 Å². The molecule has 1 heterocycles. The SMILES string of the molecule is O=C(CN1CCCC(O)(COc2ccc(Cl)c(Cl)c2)CC1)NCc1ccc(F)cc1. The van der Waals surface area contributed by atoms with Gasteiger partial charge in [-0.3, -0.25) is 9.69 Å². The molecule has 1 fully saturated rings. The maximum Gasteiger partial charge on any atom is 0.234 e. The molecule has 1 unspecified atom stereocenters. The molecule has 1 saturated heterocycles. The second kappa shape index (κ2) is 10.4. The summed E-state index contributed by atoms with van der Waals surface area (Å²) in [4.78, 5) is 14.3. The number of nitrogens with zero attached hydrogens (tertiary/aromatic N) is 1. The number of hydrogen-bond acceptors (Lipinski definition) is 4. The molecule has 8 heteroatoms. The molecule has 0 spiro atoms. The van der Waals surface area contributed by atoms with Crippen LogP contribution in [0.4, 0.5) is 4.39 Å². The summed E-state index contributed by atoms with van der Waals surface area (Å²) in [5.41, 5.74) is -0.125. The van der Waals surface area contributed by atoms with Crippen LogP contribution in [0.25, 0.3) is 0 Å². The van der Waals surface area contributed by atoms with Crippen molar-refractivity contribution >= 4 is 29.1 Å². The zero-order chi connectivity index (χ0) is 21.6. The van der Waals surface area contributed by atoms with Crippen molar-refractivity contribution < 1.29 is 19.0 Å². The van der Waals surface area contributed by atoms with Gasteiger partial charge in [-0.05, 0) is 55.6 Å². The molecular weight excluding hydrogens is 430 g/mol. The standard InChI is InChI=1S/C22H25Cl2FN2O3/c23-19-7-6-18(12-20(19)24)30-15-22(29)8-1-10-27(11-9-22)14-21(28)26-13-16-2-4-17(25)5-3-16/h2-7,12,29H,1,8-11,13-15H2,(H,26,28). The Morgan fingerprint density at radius 2 is 1.90 bits per heavy atom. The highest BCUT2D eigenvalue weighted by atomic mass is 35.5. The van der Waals surface area contributed by atoms with Crippen LogP contribution in [0.3, 0.4) is 0 Å². The van der Waals surface area contributed by atoms with E-state index in [2.05, 4.69) is 5.32 Å². The first-order valence-corrected chi connectivity index (χ1v) is 10.6. The van der Waals surface area contributed by atoms with Gasteiger partial charge in [-0.15, -0.1) is 0 Å². The lowest BCUT2D eigenvalue weighted by molar-refractivity contribution is -0.122. The quantitative estimate of drug-likeness (QED) is 0.662. The van der Waals surface area contributed by atoms with Gasteiger partial charge in [-0.2, -0.15) is 0 Å². The zero-order valence-electron chi connectivity index (χ0n) is 16.5. The van der Waals surface area contributed by atoms with Crippen LogP contribution in [0, 0.1) is 5.82 Å².